The lowest BCUT2D eigenvalue weighted by Crippen LogP contribution is -2.38. The van der Waals surface area contributed by atoms with E-state index in [0.29, 0.717) is 5.02 Å². The summed E-state index contributed by atoms with van der Waals surface area (Å²) < 4.78 is 10.9. The summed E-state index contributed by atoms with van der Waals surface area (Å²) in [5.41, 5.74) is 2.10. The first-order valence-electron chi connectivity index (χ1n) is 9.53. The predicted octanol–water partition coefficient (Wildman–Crippen LogP) is 4.37. The van der Waals surface area contributed by atoms with E-state index in [1.165, 1.54) is 0 Å². The lowest BCUT2D eigenvalue weighted by Gasteiger charge is -2.27. The van der Waals surface area contributed by atoms with E-state index in [0.717, 1.165) is 42.0 Å². The average Bonchev–Trinajstić information content (AvgIpc) is 3.21. The standard InChI is InChI=1S/C22H27ClN2O3/c1-15(16-6-8-17(23)9-7-16)24-14-22(26)25-12-4-5-20(25)19-13-18(27-2)10-11-21(19)28-3/h6-11,13,15,20,24H,4-5,12,14H2,1-3H3/t15-,20+/m1/s1. The maximum absolute atomic E-state index is 12.9. The number of hydrogen-bond donors (Lipinski definition) is 1. The molecule has 0 spiro atoms. The zero-order valence-electron chi connectivity index (χ0n) is 16.6. The van der Waals surface area contributed by atoms with Crippen LogP contribution >= 0.6 is 11.6 Å². The highest BCUT2D eigenvalue weighted by atomic mass is 35.5. The summed E-state index contributed by atoms with van der Waals surface area (Å²) >= 11 is 5.95. The minimum Gasteiger partial charge on any atom is -0.497 e. The van der Waals surface area contributed by atoms with Gasteiger partial charge in [0.1, 0.15) is 11.5 Å². The summed E-state index contributed by atoms with van der Waals surface area (Å²) in [4.78, 5) is 14.9. The van der Waals surface area contributed by atoms with Crippen molar-refractivity contribution in [2.75, 3.05) is 27.3 Å². The van der Waals surface area contributed by atoms with Gasteiger partial charge >= 0.3 is 0 Å². The number of halogens is 1. The number of amides is 1. The van der Waals surface area contributed by atoms with Crippen molar-refractivity contribution in [1.29, 1.82) is 0 Å². The molecule has 150 valence electrons. The molecule has 0 saturated carbocycles. The number of benzene rings is 2. The van der Waals surface area contributed by atoms with E-state index in [2.05, 4.69) is 5.32 Å². The molecule has 5 nitrogen and oxygen atoms in total. The van der Waals surface area contributed by atoms with Crippen LogP contribution in [-0.4, -0.2) is 38.1 Å². The first-order valence-corrected chi connectivity index (χ1v) is 9.91. The number of carbonyl (C=O) groups is 1. The summed E-state index contributed by atoms with van der Waals surface area (Å²) in [5, 5.41) is 4.04. The highest BCUT2D eigenvalue weighted by Crippen LogP contribution is 2.38. The molecule has 2 aromatic carbocycles. The molecule has 2 atom stereocenters. The summed E-state index contributed by atoms with van der Waals surface area (Å²) in [7, 11) is 3.30. The number of rotatable bonds is 7. The number of nitrogens with one attached hydrogen (secondary N) is 1. The molecule has 0 aromatic heterocycles. The summed E-state index contributed by atoms with van der Waals surface area (Å²) in [6.07, 6.45) is 1.89. The molecule has 28 heavy (non-hydrogen) atoms. The molecule has 1 fully saturated rings. The fourth-order valence-electron chi connectivity index (χ4n) is 3.70. The van der Waals surface area contributed by atoms with Crippen molar-refractivity contribution in [2.24, 2.45) is 0 Å². The van der Waals surface area contributed by atoms with Crippen LogP contribution in [0.2, 0.25) is 5.02 Å². The van der Waals surface area contributed by atoms with E-state index in [-0.39, 0.29) is 24.5 Å². The zero-order valence-corrected chi connectivity index (χ0v) is 17.3. The Labute approximate surface area is 171 Å². The predicted molar refractivity (Wildman–Crippen MR) is 111 cm³/mol. The number of methoxy groups -OCH3 is 2. The van der Waals surface area contributed by atoms with Crippen LogP contribution in [0.5, 0.6) is 11.5 Å². The van der Waals surface area contributed by atoms with E-state index in [9.17, 15) is 4.79 Å². The molecule has 1 amide bonds. The highest BCUT2D eigenvalue weighted by Gasteiger charge is 2.32. The number of hydrogen-bond acceptors (Lipinski definition) is 4. The van der Waals surface area contributed by atoms with Crippen molar-refractivity contribution in [2.45, 2.75) is 31.8 Å². The fourth-order valence-corrected chi connectivity index (χ4v) is 3.83. The van der Waals surface area contributed by atoms with Crippen molar-refractivity contribution in [3.63, 3.8) is 0 Å². The molecule has 6 heteroatoms. The van der Waals surface area contributed by atoms with Gasteiger partial charge in [0.25, 0.3) is 0 Å². The largest absolute Gasteiger partial charge is 0.497 e. The third-order valence-electron chi connectivity index (χ3n) is 5.30. The molecule has 0 aliphatic carbocycles. The first-order chi connectivity index (χ1) is 13.5. The van der Waals surface area contributed by atoms with Crippen molar-refractivity contribution in [3.05, 3.63) is 58.6 Å². The molecule has 1 aliphatic heterocycles. The molecule has 2 aromatic rings. The van der Waals surface area contributed by atoms with Crippen LogP contribution in [0.15, 0.2) is 42.5 Å². The van der Waals surface area contributed by atoms with Crippen molar-refractivity contribution >= 4 is 17.5 Å². The Hall–Kier alpha value is -2.24. The topological polar surface area (TPSA) is 50.8 Å². The summed E-state index contributed by atoms with van der Waals surface area (Å²) in [6.45, 7) is 3.08. The summed E-state index contributed by atoms with van der Waals surface area (Å²) in [6, 6.07) is 13.5. The Morgan fingerprint density at radius 1 is 1.21 bits per heavy atom. The number of ether oxygens (including phenoxy) is 2. The minimum atomic E-state index is 0.00480. The normalized spacial score (nSPS) is 17.4. The smallest absolute Gasteiger partial charge is 0.237 e. The van der Waals surface area contributed by atoms with Crippen molar-refractivity contribution in [1.82, 2.24) is 10.2 Å². The fraction of sp³-hybridized carbons (Fsp3) is 0.409. The second-order valence-electron chi connectivity index (χ2n) is 7.01. The van der Waals surface area contributed by atoms with Gasteiger partial charge < -0.3 is 19.7 Å². The first kappa shape index (κ1) is 20.5. The van der Waals surface area contributed by atoms with Crippen molar-refractivity contribution < 1.29 is 14.3 Å². The van der Waals surface area contributed by atoms with Gasteiger partial charge in [-0.05, 0) is 55.7 Å². The quantitative estimate of drug-likeness (QED) is 0.747. The minimum absolute atomic E-state index is 0.00480. The van der Waals surface area contributed by atoms with Gasteiger partial charge in [-0.3, -0.25) is 4.79 Å². The van der Waals surface area contributed by atoms with Crippen LogP contribution < -0.4 is 14.8 Å². The maximum atomic E-state index is 12.9. The lowest BCUT2D eigenvalue weighted by atomic mass is 10.0. The van der Waals surface area contributed by atoms with E-state index in [4.69, 9.17) is 21.1 Å². The zero-order chi connectivity index (χ0) is 20.1. The SMILES string of the molecule is COc1ccc(OC)c([C@@H]2CCCN2C(=O)CN[C@H](C)c2ccc(Cl)cc2)c1. The van der Waals surface area contributed by atoms with Gasteiger partial charge in [0.05, 0.1) is 26.8 Å². The van der Waals surface area contributed by atoms with Crippen LogP contribution in [0.4, 0.5) is 0 Å². The van der Waals surface area contributed by atoms with Gasteiger partial charge in [-0.2, -0.15) is 0 Å². The van der Waals surface area contributed by atoms with Crippen LogP contribution in [0.25, 0.3) is 0 Å². The second kappa shape index (κ2) is 9.30. The molecule has 0 bridgehead atoms. The van der Waals surface area contributed by atoms with E-state index >= 15 is 0 Å². The van der Waals surface area contributed by atoms with Gasteiger partial charge in [0, 0.05) is 23.2 Å². The molecule has 1 saturated heterocycles. The molecule has 1 aliphatic rings. The van der Waals surface area contributed by atoms with Crippen LogP contribution in [0.3, 0.4) is 0 Å². The maximum Gasteiger partial charge on any atom is 0.237 e. The van der Waals surface area contributed by atoms with Crippen molar-refractivity contribution in [3.8, 4) is 11.5 Å². The third-order valence-corrected chi connectivity index (χ3v) is 5.55. The Balaban J connectivity index is 1.69. The monoisotopic (exact) mass is 402 g/mol. The Kier molecular flexibility index (Phi) is 6.81. The Bertz CT molecular complexity index is 810. The Morgan fingerprint density at radius 2 is 1.96 bits per heavy atom. The highest BCUT2D eigenvalue weighted by molar-refractivity contribution is 6.30. The van der Waals surface area contributed by atoms with Crippen LogP contribution in [0.1, 0.15) is 43.0 Å². The van der Waals surface area contributed by atoms with Gasteiger partial charge in [0.2, 0.25) is 5.91 Å². The Morgan fingerprint density at radius 3 is 2.64 bits per heavy atom. The molecular formula is C22H27ClN2O3. The molecular weight excluding hydrogens is 376 g/mol. The van der Waals surface area contributed by atoms with E-state index in [1.807, 2.05) is 54.3 Å². The summed E-state index contributed by atoms with van der Waals surface area (Å²) in [5.74, 6) is 1.64. The molecule has 0 unspecified atom stereocenters. The molecule has 3 rings (SSSR count). The lowest BCUT2D eigenvalue weighted by molar-refractivity contribution is -0.131. The number of nitrogens with zero attached hydrogens (tertiary/aromatic N) is 1. The van der Waals surface area contributed by atoms with Crippen LogP contribution in [0, 0.1) is 0 Å². The number of carbonyl (C=O) groups excluding carboxylic acids is 1. The van der Waals surface area contributed by atoms with Gasteiger partial charge in [-0.15, -0.1) is 0 Å². The van der Waals surface area contributed by atoms with E-state index < -0.39 is 0 Å². The number of likely N-dealkylation sites (tertiary alicyclic amines) is 1. The van der Waals surface area contributed by atoms with E-state index in [1.54, 1.807) is 14.2 Å². The van der Waals surface area contributed by atoms with Gasteiger partial charge in [-0.25, -0.2) is 0 Å². The molecule has 1 heterocycles. The second-order valence-corrected chi connectivity index (χ2v) is 7.44. The third kappa shape index (κ3) is 4.59. The van der Waals surface area contributed by atoms with Gasteiger partial charge in [-0.1, -0.05) is 23.7 Å². The molecule has 1 N–H and O–H groups in total. The van der Waals surface area contributed by atoms with Gasteiger partial charge in [0.15, 0.2) is 0 Å². The average molecular weight is 403 g/mol. The van der Waals surface area contributed by atoms with Crippen LogP contribution in [-0.2, 0) is 4.79 Å². The molecule has 0 radical (unpaired) electrons.